The molecule has 0 atom stereocenters. The van der Waals surface area contributed by atoms with Crippen LogP contribution in [-0.2, 0) is 6.42 Å². The number of benzene rings is 1. The highest BCUT2D eigenvalue weighted by Gasteiger charge is 2.08. The van der Waals surface area contributed by atoms with Crippen LogP contribution in [0.25, 0.3) is 4.85 Å². The van der Waals surface area contributed by atoms with Gasteiger partial charge in [-0.3, -0.25) is 0 Å². The SMILES string of the molecule is [C-]#[N+]CCc1cc(F)c(N)cc1F. The number of anilines is 1. The molecule has 0 radical (unpaired) electrons. The minimum absolute atomic E-state index is 0.153. The van der Waals surface area contributed by atoms with E-state index in [1.165, 1.54) is 0 Å². The van der Waals surface area contributed by atoms with Gasteiger partial charge in [-0.05, 0) is 11.6 Å². The molecule has 0 aromatic heterocycles. The second-order valence-electron chi connectivity index (χ2n) is 2.60. The Labute approximate surface area is 74.8 Å². The Kier molecular flexibility index (Phi) is 2.80. The third kappa shape index (κ3) is 2.15. The van der Waals surface area contributed by atoms with Gasteiger partial charge in [0.1, 0.15) is 11.6 Å². The van der Waals surface area contributed by atoms with Crippen molar-refractivity contribution in [3.05, 3.63) is 40.7 Å². The highest BCUT2D eigenvalue weighted by atomic mass is 19.1. The average molecular weight is 182 g/mol. The molecule has 4 heteroatoms. The molecular weight excluding hydrogens is 174 g/mol. The van der Waals surface area contributed by atoms with Gasteiger partial charge in [0.25, 0.3) is 0 Å². The van der Waals surface area contributed by atoms with Gasteiger partial charge >= 0.3 is 0 Å². The Hall–Kier alpha value is -1.63. The molecule has 0 unspecified atom stereocenters. The first-order chi connectivity index (χ1) is 6.15. The molecule has 13 heavy (non-hydrogen) atoms. The summed E-state index contributed by atoms with van der Waals surface area (Å²) in [6, 6.07) is 1.98. The quantitative estimate of drug-likeness (QED) is 0.550. The van der Waals surface area contributed by atoms with Gasteiger partial charge in [0, 0.05) is 12.5 Å². The molecule has 2 nitrogen and oxygen atoms in total. The van der Waals surface area contributed by atoms with Crippen LogP contribution in [0.4, 0.5) is 14.5 Å². The highest BCUT2D eigenvalue weighted by molar-refractivity contribution is 5.42. The first kappa shape index (κ1) is 9.46. The van der Waals surface area contributed by atoms with E-state index in [0.717, 1.165) is 12.1 Å². The normalized spacial score (nSPS) is 9.62. The summed E-state index contributed by atoms with van der Waals surface area (Å²) < 4.78 is 25.8. The van der Waals surface area contributed by atoms with Crippen molar-refractivity contribution >= 4 is 5.69 Å². The molecule has 0 heterocycles. The van der Waals surface area contributed by atoms with Crippen molar-refractivity contribution in [3.63, 3.8) is 0 Å². The maximum Gasteiger partial charge on any atom is 0.218 e. The minimum atomic E-state index is -0.638. The lowest BCUT2D eigenvalue weighted by Crippen LogP contribution is -1.98. The van der Waals surface area contributed by atoms with E-state index < -0.39 is 11.6 Å². The lowest BCUT2D eigenvalue weighted by atomic mass is 10.1. The molecule has 0 spiro atoms. The minimum Gasteiger partial charge on any atom is -0.396 e. The summed E-state index contributed by atoms with van der Waals surface area (Å²) in [5.41, 5.74) is 5.14. The molecular formula is C9H8F2N2. The van der Waals surface area contributed by atoms with Crippen LogP contribution in [0.1, 0.15) is 5.56 Å². The van der Waals surface area contributed by atoms with E-state index in [2.05, 4.69) is 4.85 Å². The lowest BCUT2D eigenvalue weighted by molar-refractivity contribution is 0.590. The van der Waals surface area contributed by atoms with E-state index in [4.69, 9.17) is 12.3 Å². The van der Waals surface area contributed by atoms with E-state index >= 15 is 0 Å². The second kappa shape index (κ2) is 3.85. The smallest absolute Gasteiger partial charge is 0.218 e. The average Bonchev–Trinajstić information content (AvgIpc) is 2.09. The van der Waals surface area contributed by atoms with E-state index in [0.29, 0.717) is 0 Å². The second-order valence-corrected chi connectivity index (χ2v) is 2.60. The zero-order valence-electron chi connectivity index (χ0n) is 6.85. The Bertz CT molecular complexity index is 355. The summed E-state index contributed by atoms with van der Waals surface area (Å²) in [7, 11) is 0. The Morgan fingerprint density at radius 2 is 2.00 bits per heavy atom. The summed E-state index contributed by atoms with van der Waals surface area (Å²) in [5, 5.41) is 0. The topological polar surface area (TPSA) is 30.4 Å². The van der Waals surface area contributed by atoms with Crippen molar-refractivity contribution in [2.75, 3.05) is 12.3 Å². The molecule has 0 amide bonds. The van der Waals surface area contributed by atoms with Crippen molar-refractivity contribution in [1.29, 1.82) is 0 Å². The predicted molar refractivity (Wildman–Crippen MR) is 45.9 cm³/mol. The number of nitrogens with zero attached hydrogens (tertiary/aromatic N) is 1. The fraction of sp³-hybridized carbons (Fsp3) is 0.222. The number of rotatable bonds is 2. The molecule has 0 aliphatic rings. The fourth-order valence-corrected chi connectivity index (χ4v) is 0.971. The molecule has 0 aliphatic heterocycles. The number of hydrogen-bond donors (Lipinski definition) is 1. The maximum atomic E-state index is 13.0. The third-order valence-electron chi connectivity index (χ3n) is 1.66. The van der Waals surface area contributed by atoms with Crippen molar-refractivity contribution in [3.8, 4) is 0 Å². The Balaban J connectivity index is 2.96. The van der Waals surface area contributed by atoms with Crippen molar-refractivity contribution in [2.24, 2.45) is 0 Å². The summed E-state index contributed by atoms with van der Waals surface area (Å²) in [5.74, 6) is -1.19. The van der Waals surface area contributed by atoms with Crippen molar-refractivity contribution in [2.45, 2.75) is 6.42 Å². The van der Waals surface area contributed by atoms with E-state index in [1.807, 2.05) is 0 Å². The Morgan fingerprint density at radius 1 is 1.31 bits per heavy atom. The highest BCUT2D eigenvalue weighted by Crippen LogP contribution is 2.16. The standard InChI is InChI=1S/C9H8F2N2/c1-13-3-2-6-4-8(11)9(12)5-7(6)10/h4-5H,2-3,12H2. The van der Waals surface area contributed by atoms with E-state index in [9.17, 15) is 8.78 Å². The summed E-state index contributed by atoms with van der Waals surface area (Å²) >= 11 is 0. The van der Waals surface area contributed by atoms with Gasteiger partial charge in [-0.25, -0.2) is 15.4 Å². The van der Waals surface area contributed by atoms with Gasteiger partial charge in [-0.1, -0.05) is 0 Å². The molecule has 0 aliphatic carbocycles. The molecule has 0 saturated carbocycles. The molecule has 68 valence electrons. The van der Waals surface area contributed by atoms with Crippen LogP contribution in [0.2, 0.25) is 0 Å². The lowest BCUT2D eigenvalue weighted by Gasteiger charge is -2.01. The molecule has 0 bridgehead atoms. The number of halogens is 2. The Morgan fingerprint density at radius 3 is 2.62 bits per heavy atom. The van der Waals surface area contributed by atoms with Gasteiger partial charge in [0.05, 0.1) is 5.69 Å². The van der Waals surface area contributed by atoms with Crippen LogP contribution in [0.15, 0.2) is 12.1 Å². The van der Waals surface area contributed by atoms with E-state index in [1.54, 1.807) is 0 Å². The number of nitrogens with two attached hydrogens (primary N) is 1. The molecule has 0 saturated heterocycles. The van der Waals surface area contributed by atoms with Crippen LogP contribution in [0.3, 0.4) is 0 Å². The number of hydrogen-bond acceptors (Lipinski definition) is 1. The maximum absolute atomic E-state index is 13.0. The molecule has 1 rings (SSSR count). The van der Waals surface area contributed by atoms with Gasteiger partial charge in [0.2, 0.25) is 6.54 Å². The van der Waals surface area contributed by atoms with Gasteiger partial charge in [0.15, 0.2) is 0 Å². The largest absolute Gasteiger partial charge is 0.396 e. The van der Waals surface area contributed by atoms with Crippen LogP contribution in [0, 0.1) is 18.2 Å². The first-order valence-electron chi connectivity index (χ1n) is 3.71. The van der Waals surface area contributed by atoms with E-state index in [-0.39, 0.29) is 24.2 Å². The van der Waals surface area contributed by atoms with Gasteiger partial charge in [-0.2, -0.15) is 0 Å². The van der Waals surface area contributed by atoms with Gasteiger partial charge < -0.3 is 10.6 Å². The van der Waals surface area contributed by atoms with Crippen molar-refractivity contribution in [1.82, 2.24) is 0 Å². The summed E-state index contributed by atoms with van der Waals surface area (Å²) in [6.07, 6.45) is 0.215. The predicted octanol–water partition coefficient (Wildman–Crippen LogP) is 2.01. The van der Waals surface area contributed by atoms with Crippen LogP contribution in [-0.4, -0.2) is 6.54 Å². The van der Waals surface area contributed by atoms with Crippen LogP contribution < -0.4 is 5.73 Å². The monoisotopic (exact) mass is 182 g/mol. The molecule has 2 N–H and O–H groups in total. The van der Waals surface area contributed by atoms with Crippen LogP contribution in [0.5, 0.6) is 0 Å². The summed E-state index contributed by atoms with van der Waals surface area (Å²) in [4.78, 5) is 3.05. The zero-order valence-corrected chi connectivity index (χ0v) is 6.85. The summed E-state index contributed by atoms with van der Waals surface area (Å²) in [6.45, 7) is 6.66. The zero-order chi connectivity index (χ0) is 9.84. The molecule has 0 fully saturated rings. The number of nitrogen functional groups attached to an aromatic ring is 1. The third-order valence-corrected chi connectivity index (χ3v) is 1.66. The molecule has 1 aromatic rings. The first-order valence-corrected chi connectivity index (χ1v) is 3.71. The van der Waals surface area contributed by atoms with Crippen LogP contribution >= 0.6 is 0 Å². The van der Waals surface area contributed by atoms with Gasteiger partial charge in [-0.15, -0.1) is 0 Å². The van der Waals surface area contributed by atoms with Crippen molar-refractivity contribution < 1.29 is 8.78 Å². The fourth-order valence-electron chi connectivity index (χ4n) is 0.971. The molecule has 1 aromatic carbocycles.